The first-order valence-corrected chi connectivity index (χ1v) is 9.14. The van der Waals surface area contributed by atoms with E-state index in [-0.39, 0.29) is 29.8 Å². The molecule has 27 heavy (non-hydrogen) atoms. The van der Waals surface area contributed by atoms with Gasteiger partial charge in [0.05, 0.1) is 24.8 Å². The van der Waals surface area contributed by atoms with Gasteiger partial charge in [-0.3, -0.25) is 9.89 Å². The molecule has 8 heteroatoms. The molecule has 1 aromatic rings. The Kier molecular flexibility index (Phi) is 8.73. The number of hydrogen-bond acceptors (Lipinski definition) is 4. The number of hydrogen-bond donors (Lipinski definition) is 1. The fourth-order valence-electron chi connectivity index (χ4n) is 3.59. The van der Waals surface area contributed by atoms with Crippen LogP contribution in [-0.2, 0) is 11.3 Å². The second-order valence-corrected chi connectivity index (χ2v) is 6.83. The summed E-state index contributed by atoms with van der Waals surface area (Å²) < 4.78 is 19.4. The van der Waals surface area contributed by atoms with Crippen LogP contribution in [0.2, 0.25) is 0 Å². The molecule has 0 aromatic heterocycles. The number of halogens is 2. The van der Waals surface area contributed by atoms with Crippen LogP contribution in [0.4, 0.5) is 4.39 Å². The van der Waals surface area contributed by atoms with Crippen LogP contribution >= 0.6 is 24.0 Å². The second kappa shape index (κ2) is 10.8. The minimum atomic E-state index is -0.362. The van der Waals surface area contributed by atoms with Crippen molar-refractivity contribution in [2.45, 2.75) is 13.0 Å². The normalized spacial score (nSPS) is 20.9. The van der Waals surface area contributed by atoms with Gasteiger partial charge in [-0.1, -0.05) is 6.07 Å². The molecule has 2 saturated heterocycles. The number of rotatable bonds is 4. The van der Waals surface area contributed by atoms with Gasteiger partial charge in [0.15, 0.2) is 5.96 Å². The van der Waals surface area contributed by atoms with Gasteiger partial charge in [0, 0.05) is 51.9 Å². The van der Waals surface area contributed by atoms with E-state index in [2.05, 4.69) is 20.1 Å². The molecule has 2 fully saturated rings. The highest BCUT2D eigenvalue weighted by Crippen LogP contribution is 2.18. The monoisotopic (exact) mass is 487 g/mol. The van der Waals surface area contributed by atoms with E-state index >= 15 is 0 Å². The molecule has 2 heterocycles. The molecule has 0 radical (unpaired) electrons. The Morgan fingerprint density at radius 1 is 1.37 bits per heavy atom. The Morgan fingerprint density at radius 3 is 2.81 bits per heavy atom. The maximum atomic E-state index is 14.0. The summed E-state index contributed by atoms with van der Waals surface area (Å²) in [6.45, 7) is 7.07. The predicted octanol–water partition coefficient (Wildman–Crippen LogP) is 2.04. The first-order valence-electron chi connectivity index (χ1n) is 9.14. The second-order valence-electron chi connectivity index (χ2n) is 6.83. The Balaban J connectivity index is 0.00000261. The molecule has 2 aliphatic heterocycles. The Bertz CT molecular complexity index is 687. The van der Waals surface area contributed by atoms with E-state index in [1.54, 1.807) is 19.2 Å². The molecule has 1 unspecified atom stereocenters. The third-order valence-electron chi connectivity index (χ3n) is 5.04. The molecule has 0 amide bonds. The maximum absolute atomic E-state index is 14.0. The van der Waals surface area contributed by atoms with Crippen molar-refractivity contribution in [3.63, 3.8) is 0 Å². The number of benzene rings is 1. The van der Waals surface area contributed by atoms with Crippen LogP contribution in [-0.4, -0.2) is 68.7 Å². The third kappa shape index (κ3) is 6.02. The van der Waals surface area contributed by atoms with Gasteiger partial charge in [-0.05, 0) is 24.5 Å². The van der Waals surface area contributed by atoms with Crippen molar-refractivity contribution in [2.24, 2.45) is 10.9 Å². The molecular formula is C19H27FIN5O. The lowest BCUT2D eigenvalue weighted by Gasteiger charge is -2.29. The SMILES string of the molecule is CN=C(NCc1ccc(C#N)cc1F)N1CCC(CN2CCOCC2)C1.I. The van der Waals surface area contributed by atoms with Crippen LogP contribution in [0, 0.1) is 23.1 Å². The number of ether oxygens (including phenoxy) is 1. The average molecular weight is 487 g/mol. The van der Waals surface area contributed by atoms with Gasteiger partial charge in [0.25, 0.3) is 0 Å². The van der Waals surface area contributed by atoms with E-state index < -0.39 is 0 Å². The van der Waals surface area contributed by atoms with Crippen LogP contribution in [0.15, 0.2) is 23.2 Å². The van der Waals surface area contributed by atoms with Crippen LogP contribution in [0.5, 0.6) is 0 Å². The first-order chi connectivity index (χ1) is 12.7. The molecular weight excluding hydrogens is 460 g/mol. The van der Waals surface area contributed by atoms with Crippen LogP contribution in [0.3, 0.4) is 0 Å². The lowest BCUT2D eigenvalue weighted by Crippen LogP contribution is -2.42. The summed E-state index contributed by atoms with van der Waals surface area (Å²) in [4.78, 5) is 9.07. The number of nitrogens with one attached hydrogen (secondary N) is 1. The largest absolute Gasteiger partial charge is 0.379 e. The van der Waals surface area contributed by atoms with Crippen molar-refractivity contribution in [3.8, 4) is 6.07 Å². The Labute approximate surface area is 177 Å². The zero-order chi connectivity index (χ0) is 18.4. The Hall–Kier alpha value is -1.44. The highest BCUT2D eigenvalue weighted by atomic mass is 127. The molecule has 148 valence electrons. The predicted molar refractivity (Wildman–Crippen MR) is 114 cm³/mol. The fourth-order valence-corrected chi connectivity index (χ4v) is 3.59. The van der Waals surface area contributed by atoms with Crippen molar-refractivity contribution in [2.75, 3.05) is 53.0 Å². The Morgan fingerprint density at radius 2 is 2.15 bits per heavy atom. The van der Waals surface area contributed by atoms with E-state index in [1.165, 1.54) is 6.07 Å². The molecule has 0 spiro atoms. The highest BCUT2D eigenvalue weighted by Gasteiger charge is 2.27. The molecule has 1 N–H and O–H groups in total. The molecule has 3 rings (SSSR count). The molecule has 0 aliphatic carbocycles. The van der Waals surface area contributed by atoms with Gasteiger partial charge in [-0.25, -0.2) is 4.39 Å². The van der Waals surface area contributed by atoms with Crippen molar-refractivity contribution in [3.05, 3.63) is 35.1 Å². The van der Waals surface area contributed by atoms with E-state index in [1.807, 2.05) is 6.07 Å². The van der Waals surface area contributed by atoms with E-state index in [9.17, 15) is 4.39 Å². The van der Waals surface area contributed by atoms with Gasteiger partial charge < -0.3 is 15.0 Å². The quantitative estimate of drug-likeness (QED) is 0.400. The summed E-state index contributed by atoms with van der Waals surface area (Å²) in [6.07, 6.45) is 1.14. The van der Waals surface area contributed by atoms with Crippen molar-refractivity contribution in [1.29, 1.82) is 5.26 Å². The van der Waals surface area contributed by atoms with Crippen LogP contribution < -0.4 is 5.32 Å². The zero-order valence-corrected chi connectivity index (χ0v) is 18.0. The van der Waals surface area contributed by atoms with Crippen LogP contribution in [0.1, 0.15) is 17.5 Å². The summed E-state index contributed by atoms with van der Waals surface area (Å²) in [7, 11) is 1.76. The lowest BCUT2D eigenvalue weighted by atomic mass is 10.1. The minimum absolute atomic E-state index is 0. The molecule has 6 nitrogen and oxygen atoms in total. The number of aliphatic imine (C=N–C) groups is 1. The van der Waals surface area contributed by atoms with Gasteiger partial charge >= 0.3 is 0 Å². The van der Waals surface area contributed by atoms with E-state index in [0.717, 1.165) is 58.3 Å². The lowest BCUT2D eigenvalue weighted by molar-refractivity contribution is 0.0315. The van der Waals surface area contributed by atoms with Crippen molar-refractivity contribution in [1.82, 2.24) is 15.1 Å². The highest BCUT2D eigenvalue weighted by molar-refractivity contribution is 14.0. The summed E-state index contributed by atoms with van der Waals surface area (Å²) in [5.74, 6) is 1.06. The van der Waals surface area contributed by atoms with Gasteiger partial charge in [-0.2, -0.15) is 5.26 Å². The smallest absolute Gasteiger partial charge is 0.193 e. The van der Waals surface area contributed by atoms with Gasteiger partial charge in [-0.15, -0.1) is 24.0 Å². The molecule has 1 aromatic carbocycles. The molecule has 1 atom stereocenters. The standard InChI is InChI=1S/C19H26FN5O.HI/c1-22-19(23-12-17-3-2-15(11-21)10-18(17)20)25-5-4-16(14-25)13-24-6-8-26-9-7-24;/h2-3,10,16H,4-9,12-14H2,1H3,(H,22,23);1H. The maximum Gasteiger partial charge on any atom is 0.193 e. The molecule has 2 aliphatic rings. The third-order valence-corrected chi connectivity index (χ3v) is 5.04. The molecule has 0 saturated carbocycles. The summed E-state index contributed by atoms with van der Waals surface area (Å²) in [6, 6.07) is 6.51. The topological polar surface area (TPSA) is 63.9 Å². The minimum Gasteiger partial charge on any atom is -0.379 e. The number of nitriles is 1. The number of likely N-dealkylation sites (tertiary alicyclic amines) is 1. The first kappa shape index (κ1) is 21.9. The molecule has 0 bridgehead atoms. The number of morpholine rings is 1. The van der Waals surface area contributed by atoms with Crippen LogP contribution in [0.25, 0.3) is 0 Å². The van der Waals surface area contributed by atoms with Gasteiger partial charge in [0.1, 0.15) is 5.82 Å². The zero-order valence-electron chi connectivity index (χ0n) is 15.7. The average Bonchev–Trinajstić information content (AvgIpc) is 3.12. The van der Waals surface area contributed by atoms with Crippen molar-refractivity contribution >= 4 is 29.9 Å². The summed E-state index contributed by atoms with van der Waals surface area (Å²) in [5.41, 5.74) is 0.871. The number of nitrogens with zero attached hydrogens (tertiary/aromatic N) is 4. The fraction of sp³-hybridized carbons (Fsp3) is 0.579. The summed E-state index contributed by atoms with van der Waals surface area (Å²) >= 11 is 0. The van der Waals surface area contributed by atoms with Crippen molar-refractivity contribution < 1.29 is 9.13 Å². The number of guanidine groups is 1. The van der Waals surface area contributed by atoms with E-state index in [4.69, 9.17) is 10.00 Å². The van der Waals surface area contributed by atoms with Gasteiger partial charge in [0.2, 0.25) is 0 Å². The summed E-state index contributed by atoms with van der Waals surface area (Å²) in [5, 5.41) is 12.1. The van der Waals surface area contributed by atoms with E-state index in [0.29, 0.717) is 23.6 Å².